The number of aromatic nitrogens is 5. The summed E-state index contributed by atoms with van der Waals surface area (Å²) in [6.45, 7) is 1.16. The molecule has 0 aliphatic carbocycles. The largest absolute Gasteiger partial charge is 0.350 e. The zero-order valence-electron chi connectivity index (χ0n) is 13.7. The lowest BCUT2D eigenvalue weighted by atomic mass is 10.2. The summed E-state index contributed by atoms with van der Waals surface area (Å²) in [4.78, 5) is 12.4. The predicted octanol–water partition coefficient (Wildman–Crippen LogP) is 2.70. The molecule has 0 radical (unpaired) electrons. The molecule has 0 unspecified atom stereocenters. The monoisotopic (exact) mass is 366 g/mol. The first-order valence-corrected chi connectivity index (χ1v) is 8.44. The number of tetrazole rings is 1. The first-order valence-electron chi connectivity index (χ1n) is 8.07. The second-order valence-electron chi connectivity index (χ2n) is 5.77. The van der Waals surface area contributed by atoms with Crippen LogP contribution in [0.25, 0.3) is 16.6 Å². The molecule has 1 N–H and O–H groups in total. The van der Waals surface area contributed by atoms with Crippen LogP contribution in [0.3, 0.4) is 0 Å². The van der Waals surface area contributed by atoms with Gasteiger partial charge in [0.25, 0.3) is 5.91 Å². The van der Waals surface area contributed by atoms with Gasteiger partial charge in [-0.2, -0.15) is 0 Å². The molecule has 2 heterocycles. The zero-order valence-corrected chi connectivity index (χ0v) is 14.5. The van der Waals surface area contributed by atoms with Gasteiger partial charge in [0.15, 0.2) is 0 Å². The third kappa shape index (κ3) is 3.29. The predicted molar refractivity (Wildman–Crippen MR) is 98.4 cm³/mol. The summed E-state index contributed by atoms with van der Waals surface area (Å²) in [5.41, 5.74) is 2.33. The van der Waals surface area contributed by atoms with Gasteiger partial charge in [0.05, 0.1) is 5.69 Å². The molecular formula is C18H15ClN6O. The van der Waals surface area contributed by atoms with E-state index in [2.05, 4.69) is 25.4 Å². The summed E-state index contributed by atoms with van der Waals surface area (Å²) in [6.07, 6.45) is 3.48. The van der Waals surface area contributed by atoms with E-state index in [9.17, 15) is 4.79 Å². The molecule has 2 aromatic heterocycles. The van der Waals surface area contributed by atoms with Crippen molar-refractivity contribution in [1.82, 2.24) is 30.1 Å². The molecule has 0 bridgehead atoms. The second-order valence-corrected chi connectivity index (χ2v) is 6.21. The van der Waals surface area contributed by atoms with E-state index in [1.54, 1.807) is 18.2 Å². The minimum Gasteiger partial charge on any atom is -0.350 e. The third-order valence-corrected chi connectivity index (χ3v) is 4.33. The Labute approximate surface area is 154 Å². The van der Waals surface area contributed by atoms with Crippen LogP contribution in [0.1, 0.15) is 10.4 Å². The highest BCUT2D eigenvalue weighted by Crippen LogP contribution is 2.20. The summed E-state index contributed by atoms with van der Waals surface area (Å²) < 4.78 is 3.57. The van der Waals surface area contributed by atoms with Crippen molar-refractivity contribution in [3.05, 3.63) is 71.6 Å². The van der Waals surface area contributed by atoms with E-state index in [-0.39, 0.29) is 5.91 Å². The van der Waals surface area contributed by atoms with Crippen LogP contribution in [0.5, 0.6) is 0 Å². The van der Waals surface area contributed by atoms with E-state index in [4.69, 9.17) is 11.6 Å². The molecule has 7 nitrogen and oxygen atoms in total. The number of carbonyl (C=O) groups excluding carboxylic acids is 1. The molecule has 4 rings (SSSR count). The van der Waals surface area contributed by atoms with Crippen molar-refractivity contribution in [2.75, 3.05) is 6.54 Å². The molecule has 0 saturated heterocycles. The SMILES string of the molecule is O=C(NCCn1ccc2ccc(Cl)cc21)c1cccc(-n2cnnn2)c1. The van der Waals surface area contributed by atoms with Crippen molar-refractivity contribution in [3.8, 4) is 5.69 Å². The number of nitrogens with one attached hydrogen (secondary N) is 1. The van der Waals surface area contributed by atoms with Crippen LogP contribution >= 0.6 is 11.6 Å². The lowest BCUT2D eigenvalue weighted by Gasteiger charge is -2.09. The van der Waals surface area contributed by atoms with E-state index < -0.39 is 0 Å². The van der Waals surface area contributed by atoms with Gasteiger partial charge in [-0.25, -0.2) is 4.68 Å². The van der Waals surface area contributed by atoms with Gasteiger partial charge in [0.1, 0.15) is 6.33 Å². The van der Waals surface area contributed by atoms with Gasteiger partial charge >= 0.3 is 0 Å². The molecule has 2 aromatic carbocycles. The number of carbonyl (C=O) groups is 1. The number of rotatable bonds is 5. The fraction of sp³-hybridized carbons (Fsp3) is 0.111. The Bertz CT molecular complexity index is 1060. The van der Waals surface area contributed by atoms with Crippen molar-refractivity contribution in [1.29, 1.82) is 0 Å². The maximum Gasteiger partial charge on any atom is 0.251 e. The summed E-state index contributed by atoms with van der Waals surface area (Å²) in [6, 6.07) is 14.9. The topological polar surface area (TPSA) is 77.6 Å². The highest BCUT2D eigenvalue weighted by atomic mass is 35.5. The fourth-order valence-corrected chi connectivity index (χ4v) is 2.98. The van der Waals surface area contributed by atoms with Gasteiger partial charge < -0.3 is 9.88 Å². The van der Waals surface area contributed by atoms with Crippen LogP contribution in [0.2, 0.25) is 5.02 Å². The Morgan fingerprint density at radius 2 is 2.08 bits per heavy atom. The van der Waals surface area contributed by atoms with Gasteiger partial charge in [-0.3, -0.25) is 4.79 Å². The molecule has 0 atom stereocenters. The number of amides is 1. The molecule has 0 spiro atoms. The first kappa shape index (κ1) is 16.3. The first-order chi connectivity index (χ1) is 12.7. The Morgan fingerprint density at radius 3 is 2.92 bits per heavy atom. The van der Waals surface area contributed by atoms with Crippen LogP contribution in [-0.4, -0.2) is 37.2 Å². The molecule has 0 saturated carbocycles. The van der Waals surface area contributed by atoms with Gasteiger partial charge in [0.2, 0.25) is 0 Å². The van der Waals surface area contributed by atoms with E-state index in [0.717, 1.165) is 16.6 Å². The smallest absolute Gasteiger partial charge is 0.251 e. The number of fused-ring (bicyclic) bond motifs is 1. The lowest BCUT2D eigenvalue weighted by molar-refractivity contribution is 0.0952. The summed E-state index contributed by atoms with van der Waals surface area (Å²) in [7, 11) is 0. The Hall–Kier alpha value is -3.19. The van der Waals surface area contributed by atoms with Crippen LogP contribution < -0.4 is 5.32 Å². The van der Waals surface area contributed by atoms with Crippen molar-refractivity contribution in [2.24, 2.45) is 0 Å². The van der Waals surface area contributed by atoms with Crippen molar-refractivity contribution in [3.63, 3.8) is 0 Å². The number of halogens is 1. The molecule has 8 heteroatoms. The van der Waals surface area contributed by atoms with E-state index in [1.807, 2.05) is 36.5 Å². The summed E-state index contributed by atoms with van der Waals surface area (Å²) >= 11 is 6.07. The quantitative estimate of drug-likeness (QED) is 0.589. The van der Waals surface area contributed by atoms with Gasteiger partial charge in [-0.05, 0) is 52.2 Å². The van der Waals surface area contributed by atoms with Crippen molar-refractivity contribution >= 4 is 28.4 Å². The Morgan fingerprint density at radius 1 is 1.15 bits per heavy atom. The average Bonchev–Trinajstić information content (AvgIpc) is 3.32. The summed E-state index contributed by atoms with van der Waals surface area (Å²) in [5, 5.41) is 15.8. The van der Waals surface area contributed by atoms with E-state index in [0.29, 0.717) is 23.7 Å². The molecular weight excluding hydrogens is 352 g/mol. The third-order valence-electron chi connectivity index (χ3n) is 4.10. The van der Waals surface area contributed by atoms with Gasteiger partial charge in [0, 0.05) is 35.4 Å². The van der Waals surface area contributed by atoms with Crippen LogP contribution in [0.15, 0.2) is 61.1 Å². The second kappa shape index (κ2) is 6.97. The van der Waals surface area contributed by atoms with Crippen molar-refractivity contribution < 1.29 is 4.79 Å². The number of hydrogen-bond acceptors (Lipinski definition) is 4. The van der Waals surface area contributed by atoms with Crippen LogP contribution in [0, 0.1) is 0 Å². The Balaban J connectivity index is 1.42. The molecule has 0 aliphatic rings. The van der Waals surface area contributed by atoms with Crippen LogP contribution in [0.4, 0.5) is 0 Å². The summed E-state index contributed by atoms with van der Waals surface area (Å²) in [5.74, 6) is -0.144. The molecule has 26 heavy (non-hydrogen) atoms. The Kier molecular flexibility index (Phi) is 4.37. The number of hydrogen-bond donors (Lipinski definition) is 1. The van der Waals surface area contributed by atoms with Crippen molar-refractivity contribution in [2.45, 2.75) is 6.54 Å². The number of nitrogens with zero attached hydrogens (tertiary/aromatic N) is 5. The minimum absolute atomic E-state index is 0.144. The van der Waals surface area contributed by atoms with E-state index >= 15 is 0 Å². The molecule has 1 amide bonds. The fourth-order valence-electron chi connectivity index (χ4n) is 2.81. The van der Waals surface area contributed by atoms with Gasteiger partial charge in [-0.1, -0.05) is 23.7 Å². The molecule has 130 valence electrons. The highest BCUT2D eigenvalue weighted by Gasteiger charge is 2.08. The van der Waals surface area contributed by atoms with Crippen LogP contribution in [-0.2, 0) is 6.54 Å². The normalized spacial score (nSPS) is 11.0. The zero-order chi connectivity index (χ0) is 17.9. The maximum absolute atomic E-state index is 12.4. The molecule has 0 fully saturated rings. The van der Waals surface area contributed by atoms with Gasteiger partial charge in [-0.15, -0.1) is 5.10 Å². The standard InChI is InChI=1S/C18H15ClN6O/c19-15-5-4-13-6-8-24(17(13)11-15)9-7-20-18(26)14-2-1-3-16(10-14)25-12-21-22-23-25/h1-6,8,10-12H,7,9H2,(H,20,26). The average molecular weight is 367 g/mol. The highest BCUT2D eigenvalue weighted by molar-refractivity contribution is 6.31. The minimum atomic E-state index is -0.144. The molecule has 4 aromatic rings. The molecule has 0 aliphatic heterocycles. The van der Waals surface area contributed by atoms with E-state index in [1.165, 1.54) is 11.0 Å². The lowest BCUT2D eigenvalue weighted by Crippen LogP contribution is -2.27. The maximum atomic E-state index is 12.4. The number of benzene rings is 2.